The van der Waals surface area contributed by atoms with Crippen LogP contribution in [0, 0.1) is 0 Å². The highest BCUT2D eigenvalue weighted by atomic mass is 16.3. The fourth-order valence-corrected chi connectivity index (χ4v) is 9.07. The number of para-hydroxylation sites is 2. The van der Waals surface area contributed by atoms with Gasteiger partial charge in [0.2, 0.25) is 0 Å². The van der Waals surface area contributed by atoms with E-state index in [2.05, 4.69) is 132 Å². The number of rotatable bonds is 4. The second-order valence-corrected chi connectivity index (χ2v) is 15.2. The lowest BCUT2D eigenvalue weighted by molar-refractivity contribution is 0.668. The van der Waals surface area contributed by atoms with E-state index >= 15 is 0 Å². The third-order valence-corrected chi connectivity index (χ3v) is 11.8. The van der Waals surface area contributed by atoms with Crippen LogP contribution in [0.4, 0.5) is 0 Å². The molecule has 9 aromatic carbocycles. The van der Waals surface area contributed by atoms with Gasteiger partial charge in [-0.3, -0.25) is 0 Å². The van der Waals surface area contributed by atoms with Crippen LogP contribution >= 0.6 is 0 Å². The Kier molecular flexibility index (Phi) is 6.63. The van der Waals surface area contributed by atoms with Crippen LogP contribution in [-0.4, -0.2) is 19.5 Å². The molecular weight excluding hydrogens is 725 g/mol. The Hall–Kier alpha value is -8.09. The highest BCUT2D eigenvalue weighted by Crippen LogP contribution is 2.43. The monoisotopic (exact) mass is 754 g/mol. The van der Waals surface area contributed by atoms with Gasteiger partial charge < -0.3 is 13.4 Å². The Labute approximate surface area is 336 Å². The summed E-state index contributed by atoms with van der Waals surface area (Å²) in [6, 6.07) is 63.3. The summed E-state index contributed by atoms with van der Waals surface area (Å²) in [6.07, 6.45) is 0. The van der Waals surface area contributed by atoms with Gasteiger partial charge in [-0.25, -0.2) is 15.0 Å². The topological polar surface area (TPSA) is 69.9 Å². The maximum Gasteiger partial charge on any atom is 0.166 e. The summed E-state index contributed by atoms with van der Waals surface area (Å²) >= 11 is 0. The van der Waals surface area contributed by atoms with Gasteiger partial charge in [0.15, 0.2) is 17.5 Å². The molecule has 0 spiro atoms. The maximum absolute atomic E-state index is 6.76. The summed E-state index contributed by atoms with van der Waals surface area (Å²) in [5, 5.41) is 11.1. The molecule has 6 nitrogen and oxygen atoms in total. The van der Waals surface area contributed by atoms with Crippen molar-refractivity contribution < 1.29 is 8.83 Å². The average molecular weight is 755 g/mol. The Bertz CT molecular complexity index is 3860. The van der Waals surface area contributed by atoms with Gasteiger partial charge in [0.1, 0.15) is 22.3 Å². The molecule has 0 radical (unpaired) electrons. The molecule has 274 valence electrons. The SMILES string of the molecule is c1ccc(-c2nc(-c3ccc4c(c3)oc3ccccc34)nc(-c3cc4c(cc3-n3c5ccccc5c5cc6ccccc6cc53)oc3ccc5ccccc5c34)n2)cc1. The summed E-state index contributed by atoms with van der Waals surface area (Å²) < 4.78 is 15.5. The molecule has 0 aliphatic carbocycles. The molecule has 4 aromatic heterocycles. The molecule has 59 heavy (non-hydrogen) atoms. The van der Waals surface area contributed by atoms with Gasteiger partial charge in [0.25, 0.3) is 0 Å². The minimum atomic E-state index is 0.553. The second kappa shape index (κ2) is 12.2. The van der Waals surface area contributed by atoms with E-state index in [1.807, 2.05) is 54.6 Å². The van der Waals surface area contributed by atoms with Crippen molar-refractivity contribution in [1.82, 2.24) is 19.5 Å². The molecule has 6 heteroatoms. The average Bonchev–Trinajstić information content (AvgIpc) is 3.96. The lowest BCUT2D eigenvalue weighted by Gasteiger charge is -2.15. The van der Waals surface area contributed by atoms with Crippen LogP contribution in [0.1, 0.15) is 0 Å². The van der Waals surface area contributed by atoms with Crippen molar-refractivity contribution in [3.63, 3.8) is 0 Å². The zero-order valence-electron chi connectivity index (χ0n) is 31.4. The van der Waals surface area contributed by atoms with Crippen LogP contribution in [0.2, 0.25) is 0 Å². The first-order valence-electron chi connectivity index (χ1n) is 19.8. The summed E-state index contributed by atoms with van der Waals surface area (Å²) in [4.78, 5) is 15.8. The van der Waals surface area contributed by atoms with Crippen molar-refractivity contribution in [2.75, 3.05) is 0 Å². The summed E-state index contributed by atoms with van der Waals surface area (Å²) in [5.41, 5.74) is 8.90. The first kappa shape index (κ1) is 32.0. The van der Waals surface area contributed by atoms with Gasteiger partial charge in [-0.15, -0.1) is 0 Å². The zero-order chi connectivity index (χ0) is 38.6. The fraction of sp³-hybridized carbons (Fsp3) is 0. The quantitative estimate of drug-likeness (QED) is 0.179. The molecule has 0 amide bonds. The minimum Gasteiger partial charge on any atom is -0.456 e. The summed E-state index contributed by atoms with van der Waals surface area (Å²) in [7, 11) is 0. The lowest BCUT2D eigenvalue weighted by Crippen LogP contribution is -2.04. The standard InChI is InChI=1S/C53H30N4O2/c1-2-13-32(14-3-1)51-54-52(35-22-24-39-38-19-9-11-21-46(38)58-48(39)28-35)56-53(55-51)41-29-42-49(59-47-25-23-31-12-6-7-17-36(31)50(42)47)30-45(41)57-43-20-10-8-18-37(43)40-26-33-15-4-5-16-34(33)27-44(40)57/h1-30H. The molecule has 0 N–H and O–H groups in total. The van der Waals surface area contributed by atoms with Crippen LogP contribution < -0.4 is 0 Å². The van der Waals surface area contributed by atoms with E-state index in [9.17, 15) is 0 Å². The molecule has 0 unspecified atom stereocenters. The molecule has 0 aliphatic rings. The van der Waals surface area contributed by atoms with Gasteiger partial charge in [-0.05, 0) is 70.1 Å². The van der Waals surface area contributed by atoms with Crippen molar-refractivity contribution >= 4 is 87.2 Å². The number of aromatic nitrogens is 4. The van der Waals surface area contributed by atoms with Crippen molar-refractivity contribution in [1.29, 1.82) is 0 Å². The first-order chi connectivity index (χ1) is 29.2. The van der Waals surface area contributed by atoms with E-state index in [-0.39, 0.29) is 0 Å². The van der Waals surface area contributed by atoms with Gasteiger partial charge >= 0.3 is 0 Å². The van der Waals surface area contributed by atoms with E-state index in [4.69, 9.17) is 23.8 Å². The summed E-state index contributed by atoms with van der Waals surface area (Å²) in [5.74, 6) is 1.69. The number of hydrogen-bond donors (Lipinski definition) is 0. The molecule has 13 aromatic rings. The van der Waals surface area contributed by atoms with Crippen molar-refractivity contribution in [2.45, 2.75) is 0 Å². The number of hydrogen-bond acceptors (Lipinski definition) is 5. The molecule has 0 aliphatic heterocycles. The van der Waals surface area contributed by atoms with Gasteiger partial charge in [0.05, 0.1) is 16.7 Å². The molecule has 0 fully saturated rings. The number of fused-ring (bicyclic) bond motifs is 12. The van der Waals surface area contributed by atoms with Gasteiger partial charge in [0, 0.05) is 55.1 Å². The van der Waals surface area contributed by atoms with Gasteiger partial charge in [-0.1, -0.05) is 127 Å². The fourth-order valence-electron chi connectivity index (χ4n) is 9.07. The third-order valence-electron chi connectivity index (χ3n) is 11.8. The third kappa shape index (κ3) is 4.84. The second-order valence-electron chi connectivity index (χ2n) is 15.2. The molecule has 4 heterocycles. The highest BCUT2D eigenvalue weighted by molar-refractivity contribution is 6.20. The predicted molar refractivity (Wildman–Crippen MR) is 240 cm³/mol. The van der Waals surface area contributed by atoms with Crippen LogP contribution in [0.25, 0.3) is 127 Å². The molecule has 0 bridgehead atoms. The van der Waals surface area contributed by atoms with Gasteiger partial charge in [-0.2, -0.15) is 0 Å². The maximum atomic E-state index is 6.76. The molecule has 0 atom stereocenters. The molecule has 0 saturated carbocycles. The normalized spacial score (nSPS) is 12.1. The van der Waals surface area contributed by atoms with E-state index in [1.54, 1.807) is 0 Å². The lowest BCUT2D eigenvalue weighted by atomic mass is 10.0. The number of nitrogens with zero attached hydrogens (tertiary/aromatic N) is 4. The zero-order valence-corrected chi connectivity index (χ0v) is 31.4. The van der Waals surface area contributed by atoms with Crippen LogP contribution in [0.5, 0.6) is 0 Å². The Morgan fingerprint density at radius 3 is 1.85 bits per heavy atom. The number of benzene rings is 9. The van der Waals surface area contributed by atoms with Crippen LogP contribution in [0.3, 0.4) is 0 Å². The Morgan fingerprint density at radius 1 is 0.339 bits per heavy atom. The van der Waals surface area contributed by atoms with Crippen LogP contribution in [-0.2, 0) is 0 Å². The molecule has 0 saturated heterocycles. The van der Waals surface area contributed by atoms with E-state index in [0.717, 1.165) is 98.8 Å². The number of furan rings is 2. The Balaban J connectivity index is 1.15. The van der Waals surface area contributed by atoms with E-state index in [1.165, 1.54) is 10.8 Å². The molecule has 13 rings (SSSR count). The Morgan fingerprint density at radius 2 is 0.983 bits per heavy atom. The van der Waals surface area contributed by atoms with E-state index < -0.39 is 0 Å². The molecular formula is C53H30N4O2. The van der Waals surface area contributed by atoms with Crippen molar-refractivity contribution in [3.8, 4) is 39.9 Å². The summed E-state index contributed by atoms with van der Waals surface area (Å²) in [6.45, 7) is 0. The predicted octanol–water partition coefficient (Wildman–Crippen LogP) is 14.1. The smallest absolute Gasteiger partial charge is 0.166 e. The highest BCUT2D eigenvalue weighted by Gasteiger charge is 2.23. The first-order valence-corrected chi connectivity index (χ1v) is 19.8. The minimum absolute atomic E-state index is 0.553. The van der Waals surface area contributed by atoms with Crippen LogP contribution in [0.15, 0.2) is 191 Å². The van der Waals surface area contributed by atoms with E-state index in [0.29, 0.717) is 17.5 Å². The largest absolute Gasteiger partial charge is 0.456 e. The van der Waals surface area contributed by atoms with Crippen molar-refractivity contribution in [2.24, 2.45) is 0 Å². The van der Waals surface area contributed by atoms with Crippen molar-refractivity contribution in [3.05, 3.63) is 182 Å².